The molecule has 0 saturated carbocycles. The molecule has 5 heteroatoms. The van der Waals surface area contributed by atoms with Crippen molar-refractivity contribution in [2.45, 2.75) is 32.0 Å². The van der Waals surface area contributed by atoms with E-state index < -0.39 is 12.1 Å². The molecule has 2 N–H and O–H groups in total. The van der Waals surface area contributed by atoms with Gasteiger partial charge in [-0.1, -0.05) is 5.92 Å². The van der Waals surface area contributed by atoms with E-state index in [1.54, 1.807) is 6.92 Å². The van der Waals surface area contributed by atoms with E-state index in [9.17, 15) is 9.59 Å². The number of hydrogen-bond acceptors (Lipinski definition) is 3. The summed E-state index contributed by atoms with van der Waals surface area (Å²) in [6, 6.07) is 0. The zero-order chi connectivity index (χ0) is 11.3. The predicted octanol–water partition coefficient (Wildman–Crippen LogP) is -0.242. The summed E-state index contributed by atoms with van der Waals surface area (Å²) in [5.41, 5.74) is 0. The van der Waals surface area contributed by atoms with Crippen LogP contribution in [0.5, 0.6) is 0 Å². The number of carbonyl (C=O) groups excluding carboxylic acids is 1. The number of carboxylic acids is 1. The first-order valence-corrected chi connectivity index (χ1v) is 4.72. The fourth-order valence-electron chi connectivity index (χ4n) is 1.40. The number of rotatable bonds is 3. The van der Waals surface area contributed by atoms with E-state index >= 15 is 0 Å². The molecule has 1 aliphatic rings. The van der Waals surface area contributed by atoms with Crippen molar-refractivity contribution in [2.75, 3.05) is 6.54 Å². The van der Waals surface area contributed by atoms with E-state index in [0.29, 0.717) is 19.4 Å². The van der Waals surface area contributed by atoms with Gasteiger partial charge in [0.15, 0.2) is 6.10 Å². The molecule has 2 unspecified atom stereocenters. The predicted molar refractivity (Wildman–Crippen MR) is 52.0 cm³/mol. The minimum Gasteiger partial charge on any atom is -0.479 e. The quantitative estimate of drug-likeness (QED) is 0.632. The maximum atomic E-state index is 11.0. The van der Waals surface area contributed by atoms with E-state index in [1.807, 2.05) is 0 Å². The molecule has 0 radical (unpaired) electrons. The van der Waals surface area contributed by atoms with Crippen LogP contribution < -0.4 is 5.32 Å². The molecule has 2 atom stereocenters. The Hall–Kier alpha value is -1.54. The second-order valence-electron chi connectivity index (χ2n) is 3.25. The van der Waals surface area contributed by atoms with Gasteiger partial charge in [-0.3, -0.25) is 4.79 Å². The number of hydrogen-bond donors (Lipinski definition) is 2. The highest BCUT2D eigenvalue weighted by Gasteiger charge is 2.30. The number of carbonyl (C=O) groups is 2. The smallest absolute Gasteiger partial charge is 0.332 e. The van der Waals surface area contributed by atoms with Crippen LogP contribution in [0.1, 0.15) is 19.8 Å². The summed E-state index contributed by atoms with van der Waals surface area (Å²) in [6.07, 6.45) is 0.199. The van der Waals surface area contributed by atoms with Crippen LogP contribution in [0.15, 0.2) is 0 Å². The van der Waals surface area contributed by atoms with Crippen LogP contribution in [0.3, 0.4) is 0 Å². The van der Waals surface area contributed by atoms with Crippen LogP contribution in [0, 0.1) is 11.8 Å². The zero-order valence-electron chi connectivity index (χ0n) is 8.45. The van der Waals surface area contributed by atoms with Gasteiger partial charge in [-0.25, -0.2) is 4.79 Å². The second kappa shape index (κ2) is 5.37. The van der Waals surface area contributed by atoms with Crippen molar-refractivity contribution in [3.8, 4) is 11.8 Å². The highest BCUT2D eigenvalue weighted by molar-refractivity contribution is 5.93. The molecular weight excluding hydrogens is 198 g/mol. The second-order valence-corrected chi connectivity index (χ2v) is 3.25. The summed E-state index contributed by atoms with van der Waals surface area (Å²) in [6.45, 7) is 1.89. The zero-order valence-corrected chi connectivity index (χ0v) is 8.45. The third kappa shape index (κ3) is 3.60. The van der Waals surface area contributed by atoms with Gasteiger partial charge in [0.1, 0.15) is 0 Å². The molecule has 0 aromatic carbocycles. The van der Waals surface area contributed by atoms with Gasteiger partial charge in [0.25, 0.3) is 5.91 Å². The Morgan fingerprint density at radius 2 is 2.27 bits per heavy atom. The molecule has 0 aromatic heterocycles. The molecule has 1 rings (SSSR count). The molecule has 82 valence electrons. The lowest BCUT2D eigenvalue weighted by atomic mass is 10.2. The molecule has 0 aromatic rings. The van der Waals surface area contributed by atoms with Crippen molar-refractivity contribution in [1.29, 1.82) is 0 Å². The van der Waals surface area contributed by atoms with Gasteiger partial charge in [-0.15, -0.1) is 0 Å². The van der Waals surface area contributed by atoms with E-state index in [2.05, 4.69) is 17.2 Å². The lowest BCUT2D eigenvalue weighted by Crippen LogP contribution is -2.32. The monoisotopic (exact) mass is 211 g/mol. The molecule has 1 saturated heterocycles. The number of aliphatic carboxylic acids is 1. The first kappa shape index (κ1) is 11.5. The van der Waals surface area contributed by atoms with Gasteiger partial charge < -0.3 is 15.2 Å². The number of carboxylic acid groups (broad SMARTS) is 1. The summed E-state index contributed by atoms with van der Waals surface area (Å²) >= 11 is 0. The first-order valence-electron chi connectivity index (χ1n) is 4.72. The summed E-state index contributed by atoms with van der Waals surface area (Å²) in [7, 11) is 0. The number of ether oxygens (including phenoxy) is 1. The Morgan fingerprint density at radius 3 is 2.80 bits per heavy atom. The molecule has 0 spiro atoms. The molecule has 0 aliphatic carbocycles. The fourth-order valence-corrected chi connectivity index (χ4v) is 1.40. The van der Waals surface area contributed by atoms with Gasteiger partial charge in [0.2, 0.25) is 0 Å². The van der Waals surface area contributed by atoms with Crippen LogP contribution in [0.4, 0.5) is 0 Å². The SMILES string of the molecule is CC#CC(=O)NCC1CCC(C(=O)O)O1. The molecule has 5 nitrogen and oxygen atoms in total. The van der Waals surface area contributed by atoms with Crippen LogP contribution in [-0.4, -0.2) is 35.7 Å². The third-order valence-corrected chi connectivity index (χ3v) is 2.11. The summed E-state index contributed by atoms with van der Waals surface area (Å²) in [5, 5.41) is 11.2. The Bertz CT molecular complexity index is 315. The minimum absolute atomic E-state index is 0.214. The van der Waals surface area contributed by atoms with E-state index in [1.165, 1.54) is 0 Å². The summed E-state index contributed by atoms with van der Waals surface area (Å²) in [5.74, 6) is 3.50. The highest BCUT2D eigenvalue weighted by atomic mass is 16.5. The maximum Gasteiger partial charge on any atom is 0.332 e. The number of nitrogens with one attached hydrogen (secondary N) is 1. The Labute approximate surface area is 87.8 Å². The third-order valence-electron chi connectivity index (χ3n) is 2.11. The van der Waals surface area contributed by atoms with E-state index in [-0.39, 0.29) is 12.0 Å². The largest absolute Gasteiger partial charge is 0.479 e. The van der Waals surface area contributed by atoms with Gasteiger partial charge in [0, 0.05) is 6.54 Å². The van der Waals surface area contributed by atoms with Crippen molar-refractivity contribution < 1.29 is 19.4 Å². The lowest BCUT2D eigenvalue weighted by Gasteiger charge is -2.10. The van der Waals surface area contributed by atoms with Crippen molar-refractivity contribution in [3.05, 3.63) is 0 Å². The van der Waals surface area contributed by atoms with Gasteiger partial charge in [-0.2, -0.15) is 0 Å². The van der Waals surface area contributed by atoms with E-state index in [4.69, 9.17) is 9.84 Å². The van der Waals surface area contributed by atoms with Crippen LogP contribution in [0.2, 0.25) is 0 Å². The standard InChI is InChI=1S/C10H13NO4/c1-2-3-9(12)11-6-7-4-5-8(15-7)10(13)14/h7-8H,4-6H2,1H3,(H,11,12)(H,13,14). The Morgan fingerprint density at radius 1 is 1.53 bits per heavy atom. The van der Waals surface area contributed by atoms with Gasteiger partial charge in [0.05, 0.1) is 6.10 Å². The van der Waals surface area contributed by atoms with Gasteiger partial charge in [-0.05, 0) is 25.7 Å². The number of amides is 1. The average Bonchev–Trinajstić information content (AvgIpc) is 2.63. The Kier molecular flexibility index (Phi) is 4.13. The lowest BCUT2D eigenvalue weighted by molar-refractivity contribution is -0.149. The van der Waals surface area contributed by atoms with Crippen LogP contribution in [0.25, 0.3) is 0 Å². The fraction of sp³-hybridized carbons (Fsp3) is 0.600. The van der Waals surface area contributed by atoms with Crippen molar-refractivity contribution in [2.24, 2.45) is 0 Å². The molecular formula is C10H13NO4. The highest BCUT2D eigenvalue weighted by Crippen LogP contribution is 2.18. The molecule has 1 aliphatic heterocycles. The molecule has 15 heavy (non-hydrogen) atoms. The van der Waals surface area contributed by atoms with Gasteiger partial charge >= 0.3 is 5.97 Å². The Balaban J connectivity index is 2.27. The molecule has 1 heterocycles. The first-order chi connectivity index (χ1) is 7.13. The normalized spacial score (nSPS) is 24.1. The summed E-state index contributed by atoms with van der Waals surface area (Å²) < 4.78 is 5.19. The van der Waals surface area contributed by atoms with Crippen molar-refractivity contribution in [3.63, 3.8) is 0 Å². The molecule has 0 bridgehead atoms. The molecule has 1 amide bonds. The van der Waals surface area contributed by atoms with Crippen molar-refractivity contribution in [1.82, 2.24) is 5.32 Å². The van der Waals surface area contributed by atoms with E-state index in [0.717, 1.165) is 0 Å². The average molecular weight is 211 g/mol. The minimum atomic E-state index is -0.947. The maximum absolute atomic E-state index is 11.0. The van der Waals surface area contributed by atoms with Crippen LogP contribution in [-0.2, 0) is 14.3 Å². The summed E-state index contributed by atoms with van der Waals surface area (Å²) in [4.78, 5) is 21.5. The van der Waals surface area contributed by atoms with Crippen LogP contribution >= 0.6 is 0 Å². The van der Waals surface area contributed by atoms with Crippen molar-refractivity contribution >= 4 is 11.9 Å². The topological polar surface area (TPSA) is 75.6 Å². The molecule has 1 fully saturated rings.